The van der Waals surface area contributed by atoms with E-state index in [2.05, 4.69) is 20.5 Å². The van der Waals surface area contributed by atoms with Gasteiger partial charge in [0.15, 0.2) is 5.16 Å². The van der Waals surface area contributed by atoms with Crippen molar-refractivity contribution in [1.29, 1.82) is 0 Å². The predicted octanol–water partition coefficient (Wildman–Crippen LogP) is 3.71. The van der Waals surface area contributed by atoms with Crippen molar-refractivity contribution >= 4 is 45.9 Å². The number of rotatable bonds is 4. The topological polar surface area (TPSA) is 92.7 Å². The Labute approximate surface area is 168 Å². The van der Waals surface area contributed by atoms with Crippen LogP contribution in [0.5, 0.6) is 0 Å². The lowest BCUT2D eigenvalue weighted by molar-refractivity contribution is 0.102. The van der Waals surface area contributed by atoms with Gasteiger partial charge in [-0.05, 0) is 36.0 Å². The van der Waals surface area contributed by atoms with E-state index in [0.717, 1.165) is 4.90 Å². The number of halogens is 1. The normalized spacial score (nSPS) is 10.9. The summed E-state index contributed by atoms with van der Waals surface area (Å²) < 4.78 is 1.77. The molecule has 2 heterocycles. The lowest BCUT2D eigenvalue weighted by atomic mass is 10.1. The largest absolute Gasteiger partial charge is 0.322 e. The van der Waals surface area contributed by atoms with Gasteiger partial charge in [-0.2, -0.15) is 0 Å². The van der Waals surface area contributed by atoms with Crippen LogP contribution in [0.4, 0.5) is 5.69 Å². The lowest BCUT2D eigenvalue weighted by Crippen LogP contribution is -2.17. The van der Waals surface area contributed by atoms with Crippen molar-refractivity contribution in [3.05, 3.63) is 75.8 Å². The molecular weight excluding hydrogens is 398 g/mol. The molecule has 28 heavy (non-hydrogen) atoms. The number of carbonyl (C=O) groups is 1. The highest BCUT2D eigenvalue weighted by molar-refractivity contribution is 7.99. The van der Waals surface area contributed by atoms with Crippen molar-refractivity contribution in [1.82, 2.24) is 19.7 Å². The number of benzene rings is 2. The van der Waals surface area contributed by atoms with Gasteiger partial charge in [-0.3, -0.25) is 9.59 Å². The van der Waals surface area contributed by atoms with E-state index >= 15 is 0 Å². The number of amides is 1. The van der Waals surface area contributed by atoms with Gasteiger partial charge < -0.3 is 14.9 Å². The number of anilines is 1. The Morgan fingerprint density at radius 1 is 1.21 bits per heavy atom. The molecule has 9 heteroatoms. The zero-order valence-electron chi connectivity index (χ0n) is 14.6. The molecule has 0 saturated heterocycles. The van der Waals surface area contributed by atoms with Crippen LogP contribution in [0.25, 0.3) is 10.9 Å². The van der Waals surface area contributed by atoms with Crippen LogP contribution in [-0.2, 0) is 7.05 Å². The third-order valence-corrected chi connectivity index (χ3v) is 5.42. The van der Waals surface area contributed by atoms with Crippen LogP contribution < -0.4 is 10.9 Å². The molecule has 7 nitrogen and oxygen atoms in total. The summed E-state index contributed by atoms with van der Waals surface area (Å²) >= 11 is 7.48. The average molecular weight is 412 g/mol. The van der Waals surface area contributed by atoms with Crippen LogP contribution in [0.1, 0.15) is 10.4 Å². The van der Waals surface area contributed by atoms with E-state index in [0.29, 0.717) is 26.8 Å². The molecule has 2 aromatic heterocycles. The molecule has 0 bridgehead atoms. The standard InChI is InChI=1S/C19H14ClN5O2S/c1-25-10-21-24-19(25)28-16-7-6-11(20)8-15(16)23-18(27)13-9-17(26)22-14-5-3-2-4-12(13)14/h2-10H,1H3,(H,22,26)(H,23,27). The maximum atomic E-state index is 13.0. The number of hydrogen-bond acceptors (Lipinski definition) is 5. The summed E-state index contributed by atoms with van der Waals surface area (Å²) in [7, 11) is 1.83. The van der Waals surface area contributed by atoms with E-state index in [1.165, 1.54) is 17.8 Å². The summed E-state index contributed by atoms with van der Waals surface area (Å²) in [4.78, 5) is 28.4. The molecule has 4 rings (SSSR count). The van der Waals surface area contributed by atoms with E-state index in [9.17, 15) is 9.59 Å². The summed E-state index contributed by atoms with van der Waals surface area (Å²) in [5.41, 5.74) is 1.06. The molecule has 1 amide bonds. The minimum absolute atomic E-state index is 0.286. The molecule has 0 spiro atoms. The minimum Gasteiger partial charge on any atom is -0.322 e. The number of carbonyl (C=O) groups excluding carboxylic acids is 1. The van der Waals surface area contributed by atoms with E-state index in [4.69, 9.17) is 11.6 Å². The van der Waals surface area contributed by atoms with Crippen LogP contribution >= 0.6 is 23.4 Å². The second-order valence-electron chi connectivity index (χ2n) is 6.01. The van der Waals surface area contributed by atoms with Gasteiger partial charge in [0, 0.05) is 33.9 Å². The highest BCUT2D eigenvalue weighted by Gasteiger charge is 2.15. The molecule has 2 N–H and O–H groups in total. The molecule has 140 valence electrons. The summed E-state index contributed by atoms with van der Waals surface area (Å²) in [5.74, 6) is -0.399. The quantitative estimate of drug-likeness (QED) is 0.534. The summed E-state index contributed by atoms with van der Waals surface area (Å²) in [6, 6.07) is 13.6. The molecular formula is C19H14ClN5O2S. The van der Waals surface area contributed by atoms with Crippen molar-refractivity contribution in [2.75, 3.05) is 5.32 Å². The third kappa shape index (κ3) is 3.64. The van der Waals surface area contributed by atoms with Crippen LogP contribution in [0.3, 0.4) is 0 Å². The third-order valence-electron chi connectivity index (χ3n) is 4.06. The van der Waals surface area contributed by atoms with Crippen LogP contribution in [-0.4, -0.2) is 25.7 Å². The Hall–Kier alpha value is -3.10. The molecule has 0 aliphatic rings. The van der Waals surface area contributed by atoms with Crippen LogP contribution in [0, 0.1) is 0 Å². The molecule has 4 aromatic rings. The first-order chi connectivity index (χ1) is 13.5. The van der Waals surface area contributed by atoms with Gasteiger partial charge in [-0.25, -0.2) is 0 Å². The Balaban J connectivity index is 1.72. The Morgan fingerprint density at radius 2 is 2.04 bits per heavy atom. The predicted molar refractivity (Wildman–Crippen MR) is 109 cm³/mol. The molecule has 0 radical (unpaired) electrons. The summed E-state index contributed by atoms with van der Waals surface area (Å²) in [6.07, 6.45) is 1.60. The fraction of sp³-hybridized carbons (Fsp3) is 0.0526. The van der Waals surface area contributed by atoms with E-state index in [1.807, 2.05) is 13.1 Å². The maximum Gasteiger partial charge on any atom is 0.256 e. The number of hydrogen-bond donors (Lipinski definition) is 2. The first kappa shape index (κ1) is 18.3. The number of aryl methyl sites for hydroxylation is 1. The van der Waals surface area contributed by atoms with E-state index in [1.54, 1.807) is 47.3 Å². The number of aromatic amines is 1. The van der Waals surface area contributed by atoms with Gasteiger partial charge in [-0.1, -0.05) is 29.8 Å². The second kappa shape index (κ2) is 7.49. The average Bonchev–Trinajstić information content (AvgIpc) is 3.07. The molecule has 0 aliphatic heterocycles. The minimum atomic E-state index is -0.399. The number of para-hydroxylation sites is 1. The summed E-state index contributed by atoms with van der Waals surface area (Å²) in [6.45, 7) is 0. The van der Waals surface area contributed by atoms with Crippen LogP contribution in [0.2, 0.25) is 5.02 Å². The first-order valence-electron chi connectivity index (χ1n) is 8.26. The van der Waals surface area contributed by atoms with Crippen molar-refractivity contribution in [2.45, 2.75) is 10.1 Å². The molecule has 0 unspecified atom stereocenters. The zero-order valence-corrected chi connectivity index (χ0v) is 16.2. The Bertz CT molecular complexity index is 1250. The number of nitrogens with zero attached hydrogens (tertiary/aromatic N) is 3. The van der Waals surface area contributed by atoms with Crippen molar-refractivity contribution < 1.29 is 4.79 Å². The fourth-order valence-electron chi connectivity index (χ4n) is 2.73. The van der Waals surface area contributed by atoms with E-state index < -0.39 is 5.91 Å². The van der Waals surface area contributed by atoms with Gasteiger partial charge in [0.1, 0.15) is 6.33 Å². The second-order valence-corrected chi connectivity index (χ2v) is 7.46. The van der Waals surface area contributed by atoms with Crippen molar-refractivity contribution in [2.24, 2.45) is 7.05 Å². The number of H-pyrrole nitrogens is 1. The highest BCUT2D eigenvalue weighted by Crippen LogP contribution is 2.34. The fourth-order valence-corrected chi connectivity index (χ4v) is 3.74. The lowest BCUT2D eigenvalue weighted by Gasteiger charge is -2.12. The van der Waals surface area contributed by atoms with Gasteiger partial charge in [0.25, 0.3) is 5.91 Å². The SMILES string of the molecule is Cn1cnnc1Sc1ccc(Cl)cc1NC(=O)c1cc(=O)[nH]c2ccccc12. The number of nitrogens with one attached hydrogen (secondary N) is 2. The van der Waals surface area contributed by atoms with E-state index in [-0.39, 0.29) is 11.1 Å². The highest BCUT2D eigenvalue weighted by atomic mass is 35.5. The number of fused-ring (bicyclic) bond motifs is 1. The smallest absolute Gasteiger partial charge is 0.256 e. The monoisotopic (exact) mass is 411 g/mol. The zero-order chi connectivity index (χ0) is 19.7. The Morgan fingerprint density at radius 3 is 2.82 bits per heavy atom. The molecule has 0 fully saturated rings. The van der Waals surface area contributed by atoms with Crippen molar-refractivity contribution in [3.8, 4) is 0 Å². The van der Waals surface area contributed by atoms with Crippen LogP contribution in [0.15, 0.2) is 69.7 Å². The summed E-state index contributed by atoms with van der Waals surface area (Å²) in [5, 5.41) is 12.6. The molecule has 2 aromatic carbocycles. The maximum absolute atomic E-state index is 13.0. The van der Waals surface area contributed by atoms with Gasteiger partial charge in [0.2, 0.25) is 5.56 Å². The van der Waals surface area contributed by atoms with Gasteiger partial charge >= 0.3 is 0 Å². The first-order valence-corrected chi connectivity index (χ1v) is 9.45. The van der Waals surface area contributed by atoms with Gasteiger partial charge in [-0.15, -0.1) is 10.2 Å². The molecule has 0 saturated carbocycles. The Kier molecular flexibility index (Phi) is 4.89. The van der Waals surface area contributed by atoms with Crippen molar-refractivity contribution in [3.63, 3.8) is 0 Å². The van der Waals surface area contributed by atoms with Gasteiger partial charge in [0.05, 0.1) is 11.3 Å². The molecule has 0 atom stereocenters. The molecule has 0 aliphatic carbocycles. The number of pyridine rings is 1. The number of aromatic nitrogens is 4.